The number of halogens is 1. The fourth-order valence-corrected chi connectivity index (χ4v) is 1.98. The lowest BCUT2D eigenvalue weighted by molar-refractivity contribution is -0.384. The van der Waals surface area contributed by atoms with E-state index in [2.05, 4.69) is 5.32 Å². The van der Waals surface area contributed by atoms with Gasteiger partial charge in [-0.1, -0.05) is 11.6 Å². The van der Waals surface area contributed by atoms with E-state index in [1.54, 1.807) is 25.1 Å². The Morgan fingerprint density at radius 1 is 1.26 bits per heavy atom. The van der Waals surface area contributed by atoms with Crippen LogP contribution in [0.1, 0.15) is 12.5 Å². The molecule has 23 heavy (non-hydrogen) atoms. The fourth-order valence-electron chi connectivity index (χ4n) is 1.86. The monoisotopic (exact) mass is 334 g/mol. The van der Waals surface area contributed by atoms with Crippen LogP contribution in [0.3, 0.4) is 0 Å². The van der Waals surface area contributed by atoms with Crippen LogP contribution in [0.25, 0.3) is 0 Å². The highest BCUT2D eigenvalue weighted by Gasteiger charge is 2.16. The quantitative estimate of drug-likeness (QED) is 0.662. The number of rotatable bonds is 5. The number of nitrogens with zero attached hydrogens (tertiary/aromatic N) is 1. The molecule has 1 atom stereocenters. The van der Waals surface area contributed by atoms with Gasteiger partial charge in [0.25, 0.3) is 11.6 Å². The summed E-state index contributed by atoms with van der Waals surface area (Å²) in [6.07, 6.45) is -0.731. The van der Waals surface area contributed by atoms with E-state index in [0.717, 1.165) is 5.56 Å². The van der Waals surface area contributed by atoms with Crippen molar-refractivity contribution in [3.63, 3.8) is 0 Å². The van der Waals surface area contributed by atoms with E-state index < -0.39 is 11.0 Å². The molecule has 0 fully saturated rings. The van der Waals surface area contributed by atoms with Crippen molar-refractivity contribution in [2.24, 2.45) is 0 Å². The number of amides is 1. The summed E-state index contributed by atoms with van der Waals surface area (Å²) in [6.45, 7) is 3.46. The molecular formula is C16H15ClN2O4. The molecule has 7 heteroatoms. The van der Waals surface area contributed by atoms with Gasteiger partial charge in [0.05, 0.1) is 4.92 Å². The van der Waals surface area contributed by atoms with Crippen LogP contribution in [0.2, 0.25) is 5.02 Å². The molecule has 1 amide bonds. The third kappa shape index (κ3) is 4.43. The summed E-state index contributed by atoms with van der Waals surface area (Å²) >= 11 is 5.94. The van der Waals surface area contributed by atoms with Gasteiger partial charge in [-0.2, -0.15) is 0 Å². The highest BCUT2D eigenvalue weighted by atomic mass is 35.5. The Labute approximate surface area is 138 Å². The maximum Gasteiger partial charge on any atom is 0.269 e. The third-order valence-corrected chi connectivity index (χ3v) is 3.58. The lowest BCUT2D eigenvalue weighted by Crippen LogP contribution is -2.30. The van der Waals surface area contributed by atoms with E-state index in [1.165, 1.54) is 24.3 Å². The van der Waals surface area contributed by atoms with Crippen molar-refractivity contribution in [1.82, 2.24) is 0 Å². The number of carbonyl (C=O) groups excluding carboxylic acids is 1. The first-order valence-corrected chi connectivity index (χ1v) is 7.23. The Morgan fingerprint density at radius 3 is 2.48 bits per heavy atom. The Kier molecular flexibility index (Phi) is 5.18. The van der Waals surface area contributed by atoms with E-state index in [4.69, 9.17) is 16.3 Å². The van der Waals surface area contributed by atoms with E-state index in [9.17, 15) is 14.9 Å². The molecule has 2 aromatic rings. The van der Waals surface area contributed by atoms with Gasteiger partial charge < -0.3 is 10.1 Å². The predicted molar refractivity (Wildman–Crippen MR) is 88.0 cm³/mol. The average Bonchev–Trinajstić information content (AvgIpc) is 2.51. The minimum absolute atomic E-state index is 0.0380. The van der Waals surface area contributed by atoms with Crippen LogP contribution in [-0.2, 0) is 4.79 Å². The third-order valence-electron chi connectivity index (χ3n) is 3.16. The Hall–Kier alpha value is -2.60. The highest BCUT2D eigenvalue weighted by Crippen LogP contribution is 2.22. The molecule has 2 aromatic carbocycles. The Bertz CT molecular complexity index is 731. The van der Waals surface area contributed by atoms with Crippen LogP contribution < -0.4 is 10.1 Å². The van der Waals surface area contributed by atoms with E-state index in [0.29, 0.717) is 16.5 Å². The normalized spacial score (nSPS) is 11.6. The SMILES string of the molecule is Cc1cc(OC(C)C(=O)Nc2ccc([N+](=O)[O-])cc2)ccc1Cl. The van der Waals surface area contributed by atoms with Gasteiger partial charge >= 0.3 is 0 Å². The van der Waals surface area contributed by atoms with Gasteiger partial charge in [-0.25, -0.2) is 0 Å². The van der Waals surface area contributed by atoms with Crippen LogP contribution in [0.5, 0.6) is 5.75 Å². The molecule has 0 aliphatic carbocycles. The first-order chi connectivity index (χ1) is 10.9. The molecule has 0 heterocycles. The topological polar surface area (TPSA) is 81.5 Å². The number of hydrogen-bond acceptors (Lipinski definition) is 4. The minimum Gasteiger partial charge on any atom is -0.481 e. The molecule has 0 radical (unpaired) electrons. The Balaban J connectivity index is 1.99. The summed E-state index contributed by atoms with van der Waals surface area (Å²) < 4.78 is 5.57. The molecule has 6 nitrogen and oxygen atoms in total. The van der Waals surface area contributed by atoms with E-state index >= 15 is 0 Å². The zero-order chi connectivity index (χ0) is 17.0. The van der Waals surface area contributed by atoms with Crippen molar-refractivity contribution < 1.29 is 14.5 Å². The fraction of sp³-hybridized carbons (Fsp3) is 0.188. The molecule has 2 rings (SSSR count). The summed E-state index contributed by atoms with van der Waals surface area (Å²) in [4.78, 5) is 22.2. The van der Waals surface area contributed by atoms with Gasteiger partial charge in [0, 0.05) is 22.8 Å². The van der Waals surface area contributed by atoms with Crippen molar-refractivity contribution >= 4 is 28.9 Å². The summed E-state index contributed by atoms with van der Waals surface area (Å²) in [7, 11) is 0. The van der Waals surface area contributed by atoms with Crippen LogP contribution in [0, 0.1) is 17.0 Å². The van der Waals surface area contributed by atoms with Gasteiger partial charge in [-0.15, -0.1) is 0 Å². The number of nitrogens with one attached hydrogen (secondary N) is 1. The van der Waals surface area contributed by atoms with Gasteiger partial charge in [-0.05, 0) is 49.7 Å². The zero-order valence-electron chi connectivity index (χ0n) is 12.6. The van der Waals surface area contributed by atoms with Crippen molar-refractivity contribution in [3.8, 4) is 5.75 Å². The molecule has 0 aromatic heterocycles. The first-order valence-electron chi connectivity index (χ1n) is 6.85. The second kappa shape index (κ2) is 7.11. The number of benzene rings is 2. The number of anilines is 1. The number of ether oxygens (including phenoxy) is 1. The maximum absolute atomic E-state index is 12.1. The van der Waals surface area contributed by atoms with Crippen molar-refractivity contribution in [1.29, 1.82) is 0 Å². The van der Waals surface area contributed by atoms with Gasteiger partial charge in [-0.3, -0.25) is 14.9 Å². The van der Waals surface area contributed by atoms with Gasteiger partial charge in [0.2, 0.25) is 0 Å². The predicted octanol–water partition coefficient (Wildman–Crippen LogP) is 3.96. The van der Waals surface area contributed by atoms with Crippen LogP contribution in [0.4, 0.5) is 11.4 Å². The summed E-state index contributed by atoms with van der Waals surface area (Å²) in [5.74, 6) is 0.185. The molecule has 0 spiro atoms. The van der Waals surface area contributed by atoms with E-state index in [1.807, 2.05) is 6.92 Å². The number of non-ortho nitro benzene ring substituents is 1. The van der Waals surface area contributed by atoms with E-state index in [-0.39, 0.29) is 11.6 Å². The molecule has 120 valence electrons. The van der Waals surface area contributed by atoms with Crippen LogP contribution >= 0.6 is 11.6 Å². The zero-order valence-corrected chi connectivity index (χ0v) is 13.3. The summed E-state index contributed by atoms with van der Waals surface area (Å²) in [5.41, 5.74) is 1.28. The standard InChI is InChI=1S/C16H15ClN2O4/c1-10-9-14(7-8-15(10)17)23-11(2)16(20)18-12-3-5-13(6-4-12)19(21)22/h3-9,11H,1-2H3,(H,18,20). The van der Waals surface area contributed by atoms with Crippen molar-refractivity contribution in [2.75, 3.05) is 5.32 Å². The lowest BCUT2D eigenvalue weighted by atomic mass is 10.2. The largest absolute Gasteiger partial charge is 0.481 e. The van der Waals surface area contributed by atoms with Crippen LogP contribution in [0.15, 0.2) is 42.5 Å². The molecule has 0 saturated carbocycles. The number of nitro groups is 1. The van der Waals surface area contributed by atoms with Crippen molar-refractivity contribution in [2.45, 2.75) is 20.0 Å². The minimum atomic E-state index is -0.731. The average molecular weight is 335 g/mol. The molecule has 0 aliphatic rings. The summed E-state index contributed by atoms with van der Waals surface area (Å²) in [5, 5.41) is 13.9. The van der Waals surface area contributed by atoms with Gasteiger partial charge in [0.15, 0.2) is 6.10 Å². The molecular weight excluding hydrogens is 320 g/mol. The van der Waals surface area contributed by atoms with Crippen LogP contribution in [-0.4, -0.2) is 16.9 Å². The van der Waals surface area contributed by atoms with Gasteiger partial charge in [0.1, 0.15) is 5.75 Å². The lowest BCUT2D eigenvalue weighted by Gasteiger charge is -2.15. The number of aryl methyl sites for hydroxylation is 1. The molecule has 1 unspecified atom stereocenters. The number of hydrogen-bond donors (Lipinski definition) is 1. The number of nitro benzene ring substituents is 1. The second-order valence-corrected chi connectivity index (χ2v) is 5.37. The molecule has 1 N–H and O–H groups in total. The molecule has 0 saturated heterocycles. The molecule has 0 aliphatic heterocycles. The molecule has 0 bridgehead atoms. The summed E-state index contributed by atoms with van der Waals surface area (Å²) in [6, 6.07) is 10.7. The Morgan fingerprint density at radius 2 is 1.91 bits per heavy atom. The van der Waals surface area contributed by atoms with Crippen molar-refractivity contribution in [3.05, 3.63) is 63.2 Å². The second-order valence-electron chi connectivity index (χ2n) is 4.96. The highest BCUT2D eigenvalue weighted by molar-refractivity contribution is 6.31. The number of carbonyl (C=O) groups is 1. The smallest absolute Gasteiger partial charge is 0.269 e. The maximum atomic E-state index is 12.1. The first kappa shape index (κ1) is 16.8.